The molecule has 1 amide bonds. The fourth-order valence-corrected chi connectivity index (χ4v) is 5.60. The first-order valence-corrected chi connectivity index (χ1v) is 11.1. The molecule has 1 saturated heterocycles. The summed E-state index contributed by atoms with van der Waals surface area (Å²) in [6, 6.07) is 9.80. The molecule has 0 saturated carbocycles. The molecule has 1 aromatic heterocycles. The van der Waals surface area contributed by atoms with Crippen LogP contribution in [0.3, 0.4) is 0 Å². The number of carbonyl (C=O) groups excluding carboxylic acids is 1. The summed E-state index contributed by atoms with van der Waals surface area (Å²) in [7, 11) is 1.64. The van der Waals surface area contributed by atoms with Gasteiger partial charge in [0.1, 0.15) is 11.8 Å². The minimum absolute atomic E-state index is 0.162. The molecular weight excluding hydrogens is 382 g/mol. The summed E-state index contributed by atoms with van der Waals surface area (Å²) in [5, 5.41) is 11.8. The van der Waals surface area contributed by atoms with Crippen molar-refractivity contribution in [1.29, 1.82) is 5.26 Å². The van der Waals surface area contributed by atoms with E-state index in [0.29, 0.717) is 32.1 Å². The van der Waals surface area contributed by atoms with Gasteiger partial charge < -0.3 is 9.64 Å². The van der Waals surface area contributed by atoms with E-state index in [1.54, 1.807) is 18.4 Å². The summed E-state index contributed by atoms with van der Waals surface area (Å²) in [4.78, 5) is 18.7. The minimum Gasteiger partial charge on any atom is -0.497 e. The molecule has 152 valence electrons. The number of nitrogens with zero attached hydrogens (tertiary/aromatic N) is 3. The summed E-state index contributed by atoms with van der Waals surface area (Å²) in [5.41, 5.74) is 3.17. The summed E-state index contributed by atoms with van der Waals surface area (Å²) in [6.45, 7) is 5.03. The number of hydrogen-bond acceptors (Lipinski definition) is 5. The zero-order valence-corrected chi connectivity index (χ0v) is 17.9. The van der Waals surface area contributed by atoms with Crippen molar-refractivity contribution in [2.24, 2.45) is 5.92 Å². The van der Waals surface area contributed by atoms with Crippen molar-refractivity contribution in [2.75, 3.05) is 33.3 Å². The van der Waals surface area contributed by atoms with Gasteiger partial charge in [0.2, 0.25) is 0 Å². The van der Waals surface area contributed by atoms with E-state index < -0.39 is 0 Å². The number of methoxy groups -OCH3 is 1. The Hall–Kier alpha value is -2.36. The van der Waals surface area contributed by atoms with Gasteiger partial charge in [0, 0.05) is 36.4 Å². The monoisotopic (exact) mass is 409 g/mol. The van der Waals surface area contributed by atoms with Crippen LogP contribution < -0.4 is 4.74 Å². The Morgan fingerprint density at radius 2 is 1.97 bits per heavy atom. The van der Waals surface area contributed by atoms with Gasteiger partial charge in [-0.3, -0.25) is 9.69 Å². The Balaban J connectivity index is 1.41. The third kappa shape index (κ3) is 4.03. The van der Waals surface area contributed by atoms with E-state index in [1.165, 1.54) is 16.9 Å². The molecule has 2 atom stereocenters. The Labute approximate surface area is 176 Å². The number of thiophene rings is 1. The van der Waals surface area contributed by atoms with E-state index in [-0.39, 0.29) is 11.9 Å². The molecule has 0 bridgehead atoms. The van der Waals surface area contributed by atoms with Gasteiger partial charge in [0.25, 0.3) is 5.91 Å². The largest absolute Gasteiger partial charge is 0.497 e. The maximum atomic E-state index is 13.1. The summed E-state index contributed by atoms with van der Waals surface area (Å²) in [5.74, 6) is 1.66. The van der Waals surface area contributed by atoms with Crippen molar-refractivity contribution in [1.82, 2.24) is 9.80 Å². The minimum atomic E-state index is -0.298. The standard InChI is InChI=1S/C23H27N3O2S/c1-16-3-8-19-20(15-29-22(19)13-16)23(27)26-11-9-25(10-12-26)21(14-24)17-4-6-18(28-2)7-5-17/h4-7,15-16,21H,3,8-13H2,1-2H3. The number of piperazine rings is 1. The highest BCUT2D eigenvalue weighted by molar-refractivity contribution is 7.10. The third-order valence-corrected chi connectivity index (χ3v) is 7.20. The smallest absolute Gasteiger partial charge is 0.255 e. The van der Waals surface area contributed by atoms with Crippen LogP contribution in [0.2, 0.25) is 0 Å². The van der Waals surface area contributed by atoms with Crippen LogP contribution in [-0.2, 0) is 12.8 Å². The van der Waals surface area contributed by atoms with E-state index in [9.17, 15) is 10.1 Å². The molecule has 0 radical (unpaired) electrons. The van der Waals surface area contributed by atoms with Gasteiger partial charge in [-0.25, -0.2) is 0 Å². The molecule has 5 nitrogen and oxygen atoms in total. The topological polar surface area (TPSA) is 56.6 Å². The fourth-order valence-electron chi connectivity index (χ4n) is 4.36. The molecule has 6 heteroatoms. The maximum Gasteiger partial charge on any atom is 0.255 e. The Morgan fingerprint density at radius 3 is 2.62 bits per heavy atom. The third-order valence-electron chi connectivity index (χ3n) is 6.15. The molecule has 29 heavy (non-hydrogen) atoms. The summed E-state index contributed by atoms with van der Waals surface area (Å²) >= 11 is 1.75. The lowest BCUT2D eigenvalue weighted by Gasteiger charge is -2.37. The van der Waals surface area contributed by atoms with Crippen LogP contribution in [-0.4, -0.2) is 49.0 Å². The Morgan fingerprint density at radius 1 is 1.24 bits per heavy atom. The maximum absolute atomic E-state index is 13.1. The highest BCUT2D eigenvalue weighted by atomic mass is 32.1. The lowest BCUT2D eigenvalue weighted by molar-refractivity contribution is 0.0605. The quantitative estimate of drug-likeness (QED) is 0.768. The number of carbonyl (C=O) groups is 1. The molecule has 0 N–H and O–H groups in total. The van der Waals surface area contributed by atoms with Crippen LogP contribution >= 0.6 is 11.3 Å². The lowest BCUT2D eigenvalue weighted by atomic mass is 9.88. The summed E-state index contributed by atoms with van der Waals surface area (Å²) in [6.07, 6.45) is 3.30. The predicted molar refractivity (Wildman–Crippen MR) is 114 cm³/mol. The zero-order valence-electron chi connectivity index (χ0n) is 17.1. The van der Waals surface area contributed by atoms with Crippen LogP contribution in [0.15, 0.2) is 29.6 Å². The van der Waals surface area contributed by atoms with Crippen molar-refractivity contribution in [3.8, 4) is 11.8 Å². The molecule has 4 rings (SSSR count). The van der Waals surface area contributed by atoms with Gasteiger partial charge in [0.15, 0.2) is 0 Å². The van der Waals surface area contributed by atoms with Gasteiger partial charge >= 0.3 is 0 Å². The number of nitriles is 1. The first-order chi connectivity index (χ1) is 14.1. The van der Waals surface area contributed by atoms with Crippen LogP contribution in [0.1, 0.15) is 45.7 Å². The van der Waals surface area contributed by atoms with E-state index in [0.717, 1.165) is 29.7 Å². The number of benzene rings is 1. The van der Waals surface area contributed by atoms with Gasteiger partial charge in [-0.2, -0.15) is 5.26 Å². The molecule has 2 unspecified atom stereocenters. The zero-order chi connectivity index (χ0) is 20.4. The average molecular weight is 410 g/mol. The van der Waals surface area contributed by atoms with Gasteiger partial charge in [-0.05, 0) is 48.4 Å². The lowest BCUT2D eigenvalue weighted by Crippen LogP contribution is -2.49. The number of rotatable bonds is 4. The highest BCUT2D eigenvalue weighted by Crippen LogP contribution is 2.33. The molecule has 2 aliphatic rings. The summed E-state index contributed by atoms with van der Waals surface area (Å²) < 4.78 is 5.21. The number of ether oxygens (including phenoxy) is 1. The fraction of sp³-hybridized carbons (Fsp3) is 0.478. The van der Waals surface area contributed by atoms with Crippen LogP contribution in [0.5, 0.6) is 5.75 Å². The Kier molecular flexibility index (Phi) is 5.89. The SMILES string of the molecule is COc1ccc(C(C#N)N2CCN(C(=O)c3csc4c3CCC(C)C4)CC2)cc1. The predicted octanol–water partition coefficient (Wildman–Crippen LogP) is 3.90. The molecule has 1 aliphatic heterocycles. The molecule has 1 aliphatic carbocycles. The van der Waals surface area contributed by atoms with Crippen LogP contribution in [0.25, 0.3) is 0 Å². The second-order valence-electron chi connectivity index (χ2n) is 8.03. The average Bonchev–Trinajstić information content (AvgIpc) is 3.17. The first-order valence-electron chi connectivity index (χ1n) is 10.3. The van der Waals surface area contributed by atoms with Crippen molar-refractivity contribution >= 4 is 17.2 Å². The molecule has 2 heterocycles. The molecule has 2 aromatic rings. The molecular formula is C23H27N3O2S. The number of hydrogen-bond donors (Lipinski definition) is 0. The van der Waals surface area contributed by atoms with Crippen LogP contribution in [0, 0.1) is 17.2 Å². The van der Waals surface area contributed by atoms with Crippen molar-refractivity contribution in [2.45, 2.75) is 32.2 Å². The molecule has 1 fully saturated rings. The van der Waals surface area contributed by atoms with E-state index >= 15 is 0 Å². The first kappa shape index (κ1) is 19.9. The van der Waals surface area contributed by atoms with Crippen molar-refractivity contribution in [3.63, 3.8) is 0 Å². The molecule has 0 spiro atoms. The van der Waals surface area contributed by atoms with E-state index in [4.69, 9.17) is 4.74 Å². The van der Waals surface area contributed by atoms with Gasteiger partial charge in [-0.15, -0.1) is 11.3 Å². The second kappa shape index (κ2) is 8.56. The number of amides is 1. The normalized spacial score (nSPS) is 20.6. The van der Waals surface area contributed by atoms with Crippen molar-refractivity contribution < 1.29 is 9.53 Å². The van der Waals surface area contributed by atoms with E-state index in [2.05, 4.69) is 23.3 Å². The van der Waals surface area contributed by atoms with E-state index in [1.807, 2.05) is 29.2 Å². The van der Waals surface area contributed by atoms with Gasteiger partial charge in [-0.1, -0.05) is 19.1 Å². The number of fused-ring (bicyclic) bond motifs is 1. The molecule has 1 aromatic carbocycles. The Bertz CT molecular complexity index is 907. The van der Waals surface area contributed by atoms with Crippen LogP contribution in [0.4, 0.5) is 0 Å². The van der Waals surface area contributed by atoms with Crippen molar-refractivity contribution in [3.05, 3.63) is 51.2 Å². The van der Waals surface area contributed by atoms with Gasteiger partial charge in [0.05, 0.1) is 18.7 Å². The highest BCUT2D eigenvalue weighted by Gasteiger charge is 2.30. The second-order valence-corrected chi connectivity index (χ2v) is 9.00.